The molecular formula is C21H18ClFN4O3. The van der Waals surface area contributed by atoms with Gasteiger partial charge >= 0.3 is 12.0 Å². The number of fused-ring (bicyclic) bond motifs is 1. The topological polar surface area (TPSA) is 87.3 Å². The summed E-state index contributed by atoms with van der Waals surface area (Å²) in [5.41, 5.74) is 2.63. The summed E-state index contributed by atoms with van der Waals surface area (Å²) in [7, 11) is 1.30. The Balaban J connectivity index is 1.63. The van der Waals surface area contributed by atoms with E-state index in [1.165, 1.54) is 18.1 Å². The molecule has 1 aliphatic rings. The van der Waals surface area contributed by atoms with Crippen LogP contribution in [0.5, 0.6) is 0 Å². The Morgan fingerprint density at radius 1 is 1.27 bits per heavy atom. The maximum Gasteiger partial charge on any atom is 0.337 e. The van der Waals surface area contributed by atoms with Crippen molar-refractivity contribution in [2.45, 2.75) is 12.5 Å². The number of esters is 1. The molecule has 154 valence electrons. The third kappa shape index (κ3) is 3.73. The van der Waals surface area contributed by atoms with E-state index in [1.807, 2.05) is 0 Å². The van der Waals surface area contributed by atoms with Crippen LogP contribution in [0, 0.1) is 5.82 Å². The van der Waals surface area contributed by atoms with Crippen LogP contribution < -0.4 is 5.32 Å². The molecule has 9 heteroatoms. The lowest BCUT2D eigenvalue weighted by molar-refractivity contribution is 0.0600. The molecule has 1 atom stereocenters. The first-order chi connectivity index (χ1) is 14.5. The van der Waals surface area contributed by atoms with Crippen molar-refractivity contribution in [2.75, 3.05) is 19.0 Å². The fourth-order valence-corrected chi connectivity index (χ4v) is 3.70. The number of imidazole rings is 1. The van der Waals surface area contributed by atoms with Crippen LogP contribution in [0.25, 0.3) is 0 Å². The number of benzene rings is 2. The van der Waals surface area contributed by atoms with Gasteiger partial charge < -0.3 is 19.9 Å². The molecule has 2 heterocycles. The standard InChI is InChI=1S/C21H18ClFN4O3/c1-30-20(28)12-2-5-14(6-3-12)26-21(29)27-9-8-17-18(25-11-24-17)19(27)15-7-4-13(22)10-16(15)23/h2-7,10-11,19H,8-9H2,1H3,(H,24,25)(H,26,29). The van der Waals surface area contributed by atoms with E-state index in [0.717, 1.165) is 5.69 Å². The van der Waals surface area contributed by atoms with Crippen LogP contribution >= 0.6 is 11.6 Å². The first kappa shape index (κ1) is 19.9. The van der Waals surface area contributed by atoms with E-state index in [0.29, 0.717) is 35.5 Å². The number of anilines is 1. The lowest BCUT2D eigenvalue weighted by atomic mass is 9.95. The smallest absolute Gasteiger partial charge is 0.337 e. The Kier molecular flexibility index (Phi) is 5.41. The largest absolute Gasteiger partial charge is 0.465 e. The highest BCUT2D eigenvalue weighted by atomic mass is 35.5. The van der Waals surface area contributed by atoms with Gasteiger partial charge in [-0.25, -0.2) is 19.0 Å². The van der Waals surface area contributed by atoms with E-state index in [-0.39, 0.29) is 5.02 Å². The van der Waals surface area contributed by atoms with Crippen molar-refractivity contribution in [3.63, 3.8) is 0 Å². The van der Waals surface area contributed by atoms with E-state index in [1.54, 1.807) is 42.7 Å². The molecule has 2 amide bonds. The number of urea groups is 1. The summed E-state index contributed by atoms with van der Waals surface area (Å²) in [5.74, 6) is -0.975. The zero-order valence-electron chi connectivity index (χ0n) is 16.0. The first-order valence-corrected chi connectivity index (χ1v) is 9.59. The molecule has 0 saturated heterocycles. The number of aromatic amines is 1. The molecule has 3 aromatic rings. The van der Waals surface area contributed by atoms with Crippen LogP contribution in [0.15, 0.2) is 48.8 Å². The second kappa shape index (κ2) is 8.16. The molecule has 2 N–H and O–H groups in total. The summed E-state index contributed by atoms with van der Waals surface area (Å²) < 4.78 is 19.4. The molecule has 2 aromatic carbocycles. The molecule has 7 nitrogen and oxygen atoms in total. The van der Waals surface area contributed by atoms with Gasteiger partial charge in [-0.3, -0.25) is 0 Å². The van der Waals surface area contributed by atoms with E-state index >= 15 is 0 Å². The summed E-state index contributed by atoms with van der Waals surface area (Å²) in [4.78, 5) is 33.6. The number of methoxy groups -OCH3 is 1. The number of nitrogens with zero attached hydrogens (tertiary/aromatic N) is 2. The van der Waals surface area contributed by atoms with Gasteiger partial charge in [-0.05, 0) is 36.4 Å². The van der Waals surface area contributed by atoms with Gasteiger partial charge in [0.05, 0.1) is 24.7 Å². The SMILES string of the molecule is COC(=O)c1ccc(NC(=O)N2CCc3[nH]cnc3C2c2ccc(Cl)cc2F)cc1. The van der Waals surface area contributed by atoms with Gasteiger partial charge in [0.15, 0.2) is 0 Å². The number of hydrogen-bond donors (Lipinski definition) is 2. The molecule has 0 radical (unpaired) electrons. The van der Waals surface area contributed by atoms with Crippen molar-refractivity contribution >= 4 is 29.3 Å². The Bertz CT molecular complexity index is 1100. The molecule has 0 aliphatic carbocycles. The zero-order valence-corrected chi connectivity index (χ0v) is 16.7. The summed E-state index contributed by atoms with van der Waals surface area (Å²) in [6.45, 7) is 0.369. The van der Waals surface area contributed by atoms with Crippen LogP contribution in [-0.4, -0.2) is 40.5 Å². The summed E-state index contributed by atoms with van der Waals surface area (Å²) in [6.07, 6.45) is 2.11. The van der Waals surface area contributed by atoms with Gasteiger partial charge in [-0.2, -0.15) is 0 Å². The monoisotopic (exact) mass is 428 g/mol. The molecule has 1 aliphatic heterocycles. The number of aromatic nitrogens is 2. The van der Waals surface area contributed by atoms with Crippen molar-refractivity contribution in [3.05, 3.63) is 82.1 Å². The Hall–Kier alpha value is -3.39. The van der Waals surface area contributed by atoms with Crippen LogP contribution in [0.2, 0.25) is 5.02 Å². The molecule has 0 saturated carbocycles. The van der Waals surface area contributed by atoms with E-state index in [2.05, 4.69) is 20.0 Å². The quantitative estimate of drug-likeness (QED) is 0.613. The minimum atomic E-state index is -0.702. The summed E-state index contributed by atoms with van der Waals surface area (Å²) in [6, 6.07) is 9.58. The lowest BCUT2D eigenvalue weighted by Crippen LogP contribution is -2.43. The number of carbonyl (C=O) groups is 2. The predicted octanol–water partition coefficient (Wildman–Crippen LogP) is 4.17. The molecular weight excluding hydrogens is 411 g/mol. The van der Waals surface area contributed by atoms with Crippen LogP contribution in [0.4, 0.5) is 14.9 Å². The summed E-state index contributed by atoms with van der Waals surface area (Å²) >= 11 is 5.90. The molecule has 0 fully saturated rings. The molecule has 4 rings (SSSR count). The highest BCUT2D eigenvalue weighted by Gasteiger charge is 2.35. The number of rotatable bonds is 3. The highest BCUT2D eigenvalue weighted by Crippen LogP contribution is 2.35. The third-order valence-electron chi connectivity index (χ3n) is 5.00. The van der Waals surface area contributed by atoms with Crippen LogP contribution in [0.3, 0.4) is 0 Å². The van der Waals surface area contributed by atoms with Gasteiger partial charge in [0.1, 0.15) is 11.9 Å². The van der Waals surface area contributed by atoms with Gasteiger partial charge in [0.25, 0.3) is 0 Å². The molecule has 0 spiro atoms. The average Bonchev–Trinajstić information content (AvgIpc) is 3.22. The van der Waals surface area contributed by atoms with Crippen molar-refractivity contribution in [2.24, 2.45) is 0 Å². The predicted molar refractivity (Wildman–Crippen MR) is 109 cm³/mol. The van der Waals surface area contributed by atoms with E-state index in [4.69, 9.17) is 11.6 Å². The second-order valence-corrected chi connectivity index (χ2v) is 7.21. The normalized spacial score (nSPS) is 15.4. The van der Waals surface area contributed by atoms with Crippen molar-refractivity contribution in [3.8, 4) is 0 Å². The Morgan fingerprint density at radius 3 is 2.73 bits per heavy atom. The van der Waals surface area contributed by atoms with Crippen molar-refractivity contribution in [1.82, 2.24) is 14.9 Å². The fourth-order valence-electron chi connectivity index (χ4n) is 3.54. The number of H-pyrrole nitrogens is 1. The van der Waals surface area contributed by atoms with Gasteiger partial charge in [0.2, 0.25) is 0 Å². The van der Waals surface area contributed by atoms with Crippen LogP contribution in [0.1, 0.15) is 33.4 Å². The van der Waals surface area contributed by atoms with Crippen LogP contribution in [-0.2, 0) is 11.2 Å². The fraction of sp³-hybridized carbons (Fsp3) is 0.190. The van der Waals surface area contributed by atoms with E-state index in [9.17, 15) is 14.0 Å². The third-order valence-corrected chi connectivity index (χ3v) is 5.24. The summed E-state index contributed by atoms with van der Waals surface area (Å²) in [5, 5.41) is 3.07. The molecule has 1 unspecified atom stereocenters. The average molecular weight is 429 g/mol. The number of hydrogen-bond acceptors (Lipinski definition) is 4. The van der Waals surface area contributed by atoms with Crippen molar-refractivity contribution in [1.29, 1.82) is 0 Å². The second-order valence-electron chi connectivity index (χ2n) is 6.78. The van der Waals surface area contributed by atoms with Gasteiger partial charge in [-0.1, -0.05) is 17.7 Å². The van der Waals surface area contributed by atoms with E-state index < -0.39 is 23.9 Å². The molecule has 30 heavy (non-hydrogen) atoms. The number of nitrogens with one attached hydrogen (secondary N) is 2. The Morgan fingerprint density at radius 2 is 2.03 bits per heavy atom. The maximum absolute atomic E-state index is 14.7. The number of ether oxygens (including phenoxy) is 1. The van der Waals surface area contributed by atoms with Gasteiger partial charge in [-0.15, -0.1) is 0 Å². The minimum absolute atomic E-state index is 0.274. The van der Waals surface area contributed by atoms with Crippen molar-refractivity contribution < 1.29 is 18.7 Å². The minimum Gasteiger partial charge on any atom is -0.465 e. The first-order valence-electron chi connectivity index (χ1n) is 9.21. The van der Waals surface area contributed by atoms with Gasteiger partial charge in [0, 0.05) is 34.9 Å². The Labute approximate surface area is 176 Å². The molecule has 1 aromatic heterocycles. The maximum atomic E-state index is 14.7. The zero-order chi connectivity index (χ0) is 21.3. The number of carbonyl (C=O) groups excluding carboxylic acids is 2. The lowest BCUT2D eigenvalue weighted by Gasteiger charge is -2.35. The number of halogens is 2. The number of amides is 2. The molecule has 0 bridgehead atoms. The highest BCUT2D eigenvalue weighted by molar-refractivity contribution is 6.30.